The molecule has 0 aliphatic rings. The number of hydrazine groups is 1. The average Bonchev–Trinajstić information content (AvgIpc) is 2.16. The van der Waals surface area contributed by atoms with Gasteiger partial charge < -0.3 is 4.74 Å². The van der Waals surface area contributed by atoms with Gasteiger partial charge in [-0.25, -0.2) is 5.01 Å². The summed E-state index contributed by atoms with van der Waals surface area (Å²) in [5.74, 6) is 0.532. The van der Waals surface area contributed by atoms with Crippen LogP contribution in [-0.2, 0) is 11.2 Å². The van der Waals surface area contributed by atoms with Crippen molar-refractivity contribution in [1.82, 2.24) is 10.4 Å². The molecule has 0 heterocycles. The Labute approximate surface area is 100 Å². The highest BCUT2D eigenvalue weighted by atomic mass is 35.5. The summed E-state index contributed by atoms with van der Waals surface area (Å²) in [6, 6.07) is 5.30. The average molecular weight is 243 g/mol. The lowest BCUT2D eigenvalue weighted by Gasteiger charge is -2.12. The molecule has 1 aromatic rings. The van der Waals surface area contributed by atoms with Gasteiger partial charge >= 0.3 is 0 Å². The first-order chi connectivity index (χ1) is 7.52. The van der Waals surface area contributed by atoms with Crippen molar-refractivity contribution in [3.63, 3.8) is 0 Å². The summed E-state index contributed by atoms with van der Waals surface area (Å²) in [4.78, 5) is 11.5. The van der Waals surface area contributed by atoms with Gasteiger partial charge in [-0.3, -0.25) is 10.2 Å². The Hall–Kier alpha value is -1.26. The summed E-state index contributed by atoms with van der Waals surface area (Å²) in [7, 11) is 5.08. The van der Waals surface area contributed by atoms with E-state index in [0.29, 0.717) is 17.2 Å². The Morgan fingerprint density at radius 3 is 2.69 bits per heavy atom. The molecule has 0 spiro atoms. The first-order valence-corrected chi connectivity index (χ1v) is 5.20. The number of carbonyl (C=O) groups excluding carboxylic acids is 1. The number of ether oxygens (including phenoxy) is 1. The van der Waals surface area contributed by atoms with E-state index in [2.05, 4.69) is 5.43 Å². The molecule has 1 amide bonds. The molecule has 0 aromatic heterocycles. The second-order valence-electron chi connectivity index (χ2n) is 3.58. The number of carbonyl (C=O) groups is 1. The third-order valence-corrected chi connectivity index (χ3v) is 2.22. The van der Waals surface area contributed by atoms with Crippen molar-refractivity contribution in [2.45, 2.75) is 6.42 Å². The van der Waals surface area contributed by atoms with Gasteiger partial charge in [0, 0.05) is 14.1 Å². The van der Waals surface area contributed by atoms with E-state index in [1.807, 2.05) is 6.07 Å². The van der Waals surface area contributed by atoms with Crippen molar-refractivity contribution in [2.75, 3.05) is 21.2 Å². The van der Waals surface area contributed by atoms with Crippen LogP contribution in [-0.4, -0.2) is 32.1 Å². The fraction of sp³-hybridized carbons (Fsp3) is 0.364. The van der Waals surface area contributed by atoms with E-state index in [1.165, 1.54) is 0 Å². The van der Waals surface area contributed by atoms with Crippen molar-refractivity contribution in [2.24, 2.45) is 0 Å². The Morgan fingerprint density at radius 2 is 2.19 bits per heavy atom. The molecule has 0 saturated carbocycles. The Kier molecular flexibility index (Phi) is 4.58. The van der Waals surface area contributed by atoms with Gasteiger partial charge in [0.1, 0.15) is 5.75 Å². The van der Waals surface area contributed by atoms with Crippen molar-refractivity contribution in [3.05, 3.63) is 28.8 Å². The lowest BCUT2D eigenvalue weighted by Crippen LogP contribution is -2.37. The standard InChI is InChI=1S/C11H15ClN2O2/c1-14(2)13-11(15)7-8-4-5-10(16-3)9(12)6-8/h4-6H,7H2,1-3H3,(H,13,15). The minimum Gasteiger partial charge on any atom is -0.495 e. The molecule has 0 radical (unpaired) electrons. The number of hydrogen-bond donors (Lipinski definition) is 1. The molecular formula is C11H15ClN2O2. The minimum absolute atomic E-state index is 0.0776. The van der Waals surface area contributed by atoms with Crippen molar-refractivity contribution in [1.29, 1.82) is 0 Å². The Balaban J connectivity index is 2.68. The number of nitrogens with zero attached hydrogens (tertiary/aromatic N) is 1. The number of rotatable bonds is 4. The predicted molar refractivity (Wildman–Crippen MR) is 63.5 cm³/mol. The van der Waals surface area contributed by atoms with E-state index in [-0.39, 0.29) is 5.91 Å². The van der Waals surface area contributed by atoms with Crippen LogP contribution in [0.25, 0.3) is 0 Å². The molecular weight excluding hydrogens is 228 g/mol. The lowest BCUT2D eigenvalue weighted by molar-refractivity contribution is -0.124. The van der Waals surface area contributed by atoms with Crippen LogP contribution in [0.4, 0.5) is 0 Å². The topological polar surface area (TPSA) is 41.6 Å². The number of halogens is 1. The van der Waals surface area contributed by atoms with Crippen LogP contribution in [0.15, 0.2) is 18.2 Å². The van der Waals surface area contributed by atoms with Crippen LogP contribution in [0.3, 0.4) is 0 Å². The summed E-state index contributed by atoms with van der Waals surface area (Å²) < 4.78 is 5.03. The number of amides is 1. The summed E-state index contributed by atoms with van der Waals surface area (Å²) in [5.41, 5.74) is 3.51. The zero-order chi connectivity index (χ0) is 12.1. The fourth-order valence-corrected chi connectivity index (χ4v) is 1.57. The molecule has 0 atom stereocenters. The van der Waals surface area contributed by atoms with Gasteiger partial charge in [0.25, 0.3) is 0 Å². The first kappa shape index (κ1) is 12.8. The zero-order valence-corrected chi connectivity index (χ0v) is 10.3. The van der Waals surface area contributed by atoms with Crippen LogP contribution in [0.2, 0.25) is 5.02 Å². The van der Waals surface area contributed by atoms with Crippen molar-refractivity contribution in [3.8, 4) is 5.75 Å². The summed E-state index contributed by atoms with van der Waals surface area (Å²) in [6.45, 7) is 0. The number of hydrogen-bond acceptors (Lipinski definition) is 3. The van der Waals surface area contributed by atoms with Gasteiger partial charge in [0.15, 0.2) is 0 Å². The predicted octanol–water partition coefficient (Wildman–Crippen LogP) is 1.48. The highest BCUT2D eigenvalue weighted by Crippen LogP contribution is 2.24. The van der Waals surface area contributed by atoms with Gasteiger partial charge in [-0.1, -0.05) is 17.7 Å². The Morgan fingerprint density at radius 1 is 1.50 bits per heavy atom. The first-order valence-electron chi connectivity index (χ1n) is 4.82. The normalized spacial score (nSPS) is 10.3. The summed E-state index contributed by atoms with van der Waals surface area (Å²) in [5, 5.41) is 2.12. The monoisotopic (exact) mass is 242 g/mol. The molecule has 0 fully saturated rings. The molecule has 88 valence electrons. The number of nitrogens with one attached hydrogen (secondary N) is 1. The molecule has 0 aliphatic heterocycles. The quantitative estimate of drug-likeness (QED) is 0.814. The molecule has 0 aliphatic carbocycles. The molecule has 0 saturated heterocycles. The fourth-order valence-electron chi connectivity index (χ4n) is 1.29. The minimum atomic E-state index is -0.0776. The zero-order valence-electron chi connectivity index (χ0n) is 9.58. The maximum Gasteiger partial charge on any atom is 0.238 e. The molecule has 1 aromatic carbocycles. The van der Waals surface area contributed by atoms with Crippen LogP contribution >= 0.6 is 11.6 Å². The van der Waals surface area contributed by atoms with Gasteiger partial charge in [-0.05, 0) is 17.7 Å². The second-order valence-corrected chi connectivity index (χ2v) is 3.98. The lowest BCUT2D eigenvalue weighted by atomic mass is 10.1. The largest absolute Gasteiger partial charge is 0.495 e. The SMILES string of the molecule is COc1ccc(CC(=O)NN(C)C)cc1Cl. The van der Waals surface area contributed by atoms with E-state index in [4.69, 9.17) is 16.3 Å². The van der Waals surface area contributed by atoms with Gasteiger partial charge in [-0.15, -0.1) is 0 Å². The molecule has 5 heteroatoms. The van der Waals surface area contributed by atoms with E-state index in [1.54, 1.807) is 38.3 Å². The van der Waals surface area contributed by atoms with Gasteiger partial charge in [0.05, 0.1) is 18.6 Å². The number of benzene rings is 1. The molecule has 0 bridgehead atoms. The van der Waals surface area contributed by atoms with Gasteiger partial charge in [-0.2, -0.15) is 0 Å². The molecule has 1 rings (SSSR count). The number of methoxy groups -OCH3 is 1. The third-order valence-electron chi connectivity index (χ3n) is 1.93. The van der Waals surface area contributed by atoms with Crippen LogP contribution in [0, 0.1) is 0 Å². The highest BCUT2D eigenvalue weighted by molar-refractivity contribution is 6.32. The maximum atomic E-state index is 11.5. The summed E-state index contributed by atoms with van der Waals surface area (Å²) >= 11 is 5.95. The van der Waals surface area contributed by atoms with E-state index < -0.39 is 0 Å². The van der Waals surface area contributed by atoms with Crippen LogP contribution < -0.4 is 10.2 Å². The van der Waals surface area contributed by atoms with Crippen molar-refractivity contribution < 1.29 is 9.53 Å². The molecule has 4 nitrogen and oxygen atoms in total. The van der Waals surface area contributed by atoms with Gasteiger partial charge in [0.2, 0.25) is 5.91 Å². The summed E-state index contributed by atoms with van der Waals surface area (Å²) in [6.07, 6.45) is 0.294. The third kappa shape index (κ3) is 3.72. The van der Waals surface area contributed by atoms with Crippen molar-refractivity contribution >= 4 is 17.5 Å². The molecule has 0 unspecified atom stereocenters. The van der Waals surface area contributed by atoms with Crippen LogP contribution in [0.5, 0.6) is 5.75 Å². The van der Waals surface area contributed by atoms with E-state index in [0.717, 1.165) is 5.56 Å². The Bertz CT molecular complexity index is 380. The highest BCUT2D eigenvalue weighted by Gasteiger charge is 2.06. The smallest absolute Gasteiger partial charge is 0.238 e. The second kappa shape index (κ2) is 5.72. The van der Waals surface area contributed by atoms with E-state index >= 15 is 0 Å². The van der Waals surface area contributed by atoms with E-state index in [9.17, 15) is 4.79 Å². The molecule has 1 N–H and O–H groups in total. The van der Waals surface area contributed by atoms with Crippen LogP contribution in [0.1, 0.15) is 5.56 Å². The molecule has 16 heavy (non-hydrogen) atoms. The maximum absolute atomic E-state index is 11.5.